The molecule has 66 valence electrons. The molecule has 0 saturated heterocycles. The molecule has 0 aliphatic heterocycles. The van der Waals surface area contributed by atoms with Crippen molar-refractivity contribution in [2.45, 2.75) is 19.6 Å². The normalized spacial score (nSPS) is 12.5. The van der Waals surface area contributed by atoms with Gasteiger partial charge in [0.15, 0.2) is 0 Å². The maximum atomic E-state index is 10.8. The molecule has 1 aromatic rings. The Labute approximate surface area is 69.8 Å². The van der Waals surface area contributed by atoms with Crippen molar-refractivity contribution in [3.63, 3.8) is 0 Å². The van der Waals surface area contributed by atoms with Crippen LogP contribution in [0.5, 0.6) is 0 Å². The van der Waals surface area contributed by atoms with E-state index in [1.807, 2.05) is 0 Å². The lowest BCUT2D eigenvalue weighted by Crippen LogP contribution is -2.32. The molecule has 0 saturated carbocycles. The molecule has 0 aliphatic carbocycles. The quantitative estimate of drug-likeness (QED) is 0.565. The summed E-state index contributed by atoms with van der Waals surface area (Å²) in [5.41, 5.74) is 0. The summed E-state index contributed by atoms with van der Waals surface area (Å²) in [6.07, 6.45) is 2.30. The van der Waals surface area contributed by atoms with Crippen LogP contribution in [0.25, 0.3) is 0 Å². The number of hydrogen-bond donors (Lipinski definition) is 3. The Morgan fingerprint density at radius 1 is 1.92 bits per heavy atom. The molecule has 0 aromatic carbocycles. The second-order valence-electron chi connectivity index (χ2n) is 2.43. The van der Waals surface area contributed by atoms with Crippen LogP contribution in [0.4, 0.5) is 0 Å². The fourth-order valence-corrected chi connectivity index (χ4v) is 0.713. The summed E-state index contributed by atoms with van der Waals surface area (Å²) in [6, 6.07) is 0. The van der Waals surface area contributed by atoms with E-state index in [9.17, 15) is 4.79 Å². The molecule has 0 fully saturated rings. The van der Waals surface area contributed by atoms with Crippen LogP contribution in [-0.2, 0) is 11.3 Å². The number of aromatic amines is 1. The molecular formula is C7H11N3O2. The zero-order valence-corrected chi connectivity index (χ0v) is 6.74. The molecular weight excluding hydrogens is 158 g/mol. The van der Waals surface area contributed by atoms with E-state index in [1.165, 1.54) is 6.92 Å². The van der Waals surface area contributed by atoms with E-state index in [2.05, 4.69) is 15.3 Å². The van der Waals surface area contributed by atoms with E-state index in [0.717, 1.165) is 0 Å². The molecule has 12 heavy (non-hydrogen) atoms. The van der Waals surface area contributed by atoms with Crippen molar-refractivity contribution in [1.82, 2.24) is 15.3 Å². The smallest absolute Gasteiger partial charge is 0.248 e. The van der Waals surface area contributed by atoms with Gasteiger partial charge in [0.2, 0.25) is 5.91 Å². The topological polar surface area (TPSA) is 78.0 Å². The first-order valence-corrected chi connectivity index (χ1v) is 3.64. The Bertz CT molecular complexity index is 243. The maximum absolute atomic E-state index is 10.8. The highest BCUT2D eigenvalue weighted by molar-refractivity contribution is 5.79. The van der Waals surface area contributed by atoms with Gasteiger partial charge in [-0.1, -0.05) is 0 Å². The maximum Gasteiger partial charge on any atom is 0.248 e. The lowest BCUT2D eigenvalue weighted by Gasteiger charge is -2.04. The number of nitrogens with one attached hydrogen (secondary N) is 2. The number of amides is 1. The third kappa shape index (κ3) is 2.35. The summed E-state index contributed by atoms with van der Waals surface area (Å²) in [6.45, 7) is 1.73. The fraction of sp³-hybridized carbons (Fsp3) is 0.429. The van der Waals surface area contributed by atoms with Crippen LogP contribution < -0.4 is 5.32 Å². The number of rotatable bonds is 3. The molecule has 1 heterocycles. The van der Waals surface area contributed by atoms with Gasteiger partial charge in [-0.15, -0.1) is 0 Å². The summed E-state index contributed by atoms with van der Waals surface area (Å²) in [5.74, 6) is 0.274. The number of carbonyl (C=O) groups excluding carboxylic acids is 1. The summed E-state index contributed by atoms with van der Waals surface area (Å²) in [7, 11) is 0. The molecule has 3 N–H and O–H groups in total. The van der Waals surface area contributed by atoms with Crippen LogP contribution in [0.15, 0.2) is 12.4 Å². The van der Waals surface area contributed by atoms with Crippen LogP contribution in [0.3, 0.4) is 0 Å². The van der Waals surface area contributed by atoms with Crippen molar-refractivity contribution in [2.75, 3.05) is 0 Å². The van der Waals surface area contributed by atoms with E-state index in [4.69, 9.17) is 5.11 Å². The fourth-order valence-electron chi connectivity index (χ4n) is 0.713. The van der Waals surface area contributed by atoms with Crippen molar-refractivity contribution in [2.24, 2.45) is 0 Å². The monoisotopic (exact) mass is 169 g/mol. The second-order valence-corrected chi connectivity index (χ2v) is 2.43. The minimum Gasteiger partial charge on any atom is -0.384 e. The number of nitrogens with zero attached hydrogens (tertiary/aromatic N) is 1. The molecule has 0 radical (unpaired) electrons. The average Bonchev–Trinajstić information content (AvgIpc) is 2.51. The largest absolute Gasteiger partial charge is 0.384 e. The van der Waals surface area contributed by atoms with Crippen LogP contribution in [0, 0.1) is 0 Å². The van der Waals surface area contributed by atoms with E-state index in [-0.39, 0.29) is 0 Å². The Kier molecular flexibility index (Phi) is 2.82. The third-order valence-corrected chi connectivity index (χ3v) is 1.36. The van der Waals surface area contributed by atoms with Gasteiger partial charge in [-0.25, -0.2) is 4.98 Å². The number of hydrogen-bond acceptors (Lipinski definition) is 3. The summed E-state index contributed by atoms with van der Waals surface area (Å²) >= 11 is 0. The van der Waals surface area contributed by atoms with Crippen molar-refractivity contribution in [1.29, 1.82) is 0 Å². The first-order chi connectivity index (χ1) is 5.70. The number of aliphatic hydroxyl groups is 1. The Balaban J connectivity index is 2.32. The highest BCUT2D eigenvalue weighted by atomic mass is 16.3. The average molecular weight is 169 g/mol. The first kappa shape index (κ1) is 8.73. The molecule has 5 nitrogen and oxygen atoms in total. The van der Waals surface area contributed by atoms with Crippen LogP contribution in [0.1, 0.15) is 12.7 Å². The van der Waals surface area contributed by atoms with Crippen LogP contribution in [-0.4, -0.2) is 27.1 Å². The number of imidazole rings is 1. The third-order valence-electron chi connectivity index (χ3n) is 1.36. The van der Waals surface area contributed by atoms with Gasteiger partial charge >= 0.3 is 0 Å². The molecule has 0 bridgehead atoms. The van der Waals surface area contributed by atoms with Crippen LogP contribution in [0.2, 0.25) is 0 Å². The van der Waals surface area contributed by atoms with Gasteiger partial charge in [0, 0.05) is 12.4 Å². The number of H-pyrrole nitrogens is 1. The molecule has 0 unspecified atom stereocenters. The lowest BCUT2D eigenvalue weighted by molar-refractivity contribution is -0.128. The molecule has 1 aromatic heterocycles. The molecule has 5 heteroatoms. The second kappa shape index (κ2) is 3.87. The lowest BCUT2D eigenvalue weighted by atomic mass is 10.4. The van der Waals surface area contributed by atoms with Gasteiger partial charge < -0.3 is 15.4 Å². The predicted molar refractivity (Wildman–Crippen MR) is 42.1 cm³/mol. The predicted octanol–water partition coefficient (Wildman–Crippen LogP) is -0.593. The minimum atomic E-state index is -0.972. The highest BCUT2D eigenvalue weighted by Gasteiger charge is 2.07. The van der Waals surface area contributed by atoms with Gasteiger partial charge in [0.25, 0.3) is 0 Å². The summed E-state index contributed by atoms with van der Waals surface area (Å²) in [4.78, 5) is 17.6. The van der Waals surface area contributed by atoms with Crippen molar-refractivity contribution in [3.05, 3.63) is 18.2 Å². The Morgan fingerprint density at radius 3 is 3.17 bits per heavy atom. The van der Waals surface area contributed by atoms with E-state index < -0.39 is 12.0 Å². The SMILES string of the molecule is C[C@@H](O)C(=O)NCc1ncc[nH]1. The minimum absolute atomic E-state index is 0.316. The zero-order valence-electron chi connectivity index (χ0n) is 6.74. The molecule has 1 amide bonds. The van der Waals surface area contributed by atoms with Crippen LogP contribution >= 0.6 is 0 Å². The van der Waals surface area contributed by atoms with Crippen molar-refractivity contribution in [3.8, 4) is 0 Å². The van der Waals surface area contributed by atoms with Gasteiger partial charge in [0.05, 0.1) is 6.54 Å². The highest BCUT2D eigenvalue weighted by Crippen LogP contribution is 1.87. The first-order valence-electron chi connectivity index (χ1n) is 3.64. The zero-order chi connectivity index (χ0) is 8.97. The van der Waals surface area contributed by atoms with Gasteiger partial charge in [0.1, 0.15) is 11.9 Å². The van der Waals surface area contributed by atoms with E-state index in [0.29, 0.717) is 12.4 Å². The Morgan fingerprint density at radius 2 is 2.67 bits per heavy atom. The molecule has 0 spiro atoms. The van der Waals surface area contributed by atoms with Gasteiger partial charge in [-0.3, -0.25) is 4.79 Å². The molecule has 0 aliphatic rings. The van der Waals surface area contributed by atoms with Gasteiger partial charge in [-0.05, 0) is 6.92 Å². The number of carbonyl (C=O) groups is 1. The van der Waals surface area contributed by atoms with E-state index >= 15 is 0 Å². The number of aromatic nitrogens is 2. The molecule has 1 atom stereocenters. The van der Waals surface area contributed by atoms with Crippen molar-refractivity contribution >= 4 is 5.91 Å². The summed E-state index contributed by atoms with van der Waals surface area (Å²) < 4.78 is 0. The Hall–Kier alpha value is -1.36. The van der Waals surface area contributed by atoms with E-state index in [1.54, 1.807) is 12.4 Å². The standard InChI is InChI=1S/C7H11N3O2/c1-5(11)7(12)10-4-6-8-2-3-9-6/h2-3,5,11H,4H2,1H3,(H,8,9)(H,10,12)/t5-/m1/s1. The summed E-state index contributed by atoms with van der Waals surface area (Å²) in [5, 5.41) is 11.3. The molecule has 1 rings (SSSR count). The number of aliphatic hydroxyl groups excluding tert-OH is 1. The van der Waals surface area contributed by atoms with Crippen molar-refractivity contribution < 1.29 is 9.90 Å². The van der Waals surface area contributed by atoms with Gasteiger partial charge in [-0.2, -0.15) is 0 Å².